The summed E-state index contributed by atoms with van der Waals surface area (Å²) in [6.45, 7) is 1.90. The van der Waals surface area contributed by atoms with Crippen LogP contribution in [0.5, 0.6) is 0 Å². The Hall–Kier alpha value is -0.770. The highest BCUT2D eigenvalue weighted by Gasteiger charge is 2.39. The number of hydrogen-bond donors (Lipinski definition) is 0. The Morgan fingerprint density at radius 3 is 2.43 bits per heavy atom. The van der Waals surface area contributed by atoms with E-state index in [1.165, 1.54) is 51.4 Å². The minimum Gasteiger partial charge on any atom is -0.339 e. The number of rotatable bonds is 2. The molecular formula is C17H23BrN2O. The molecule has 1 spiro atoms. The molecule has 1 aromatic rings. The van der Waals surface area contributed by atoms with Gasteiger partial charge in [-0.3, -0.25) is 4.79 Å². The average Bonchev–Trinajstić information content (AvgIpc) is 3.13. The first-order valence-corrected chi connectivity index (χ1v) is 9.13. The lowest BCUT2D eigenvalue weighted by Crippen LogP contribution is -2.42. The summed E-state index contributed by atoms with van der Waals surface area (Å²) in [6, 6.07) is 2.56. The van der Waals surface area contributed by atoms with E-state index < -0.39 is 0 Å². The van der Waals surface area contributed by atoms with Crippen LogP contribution < -0.4 is 0 Å². The van der Waals surface area contributed by atoms with Gasteiger partial charge in [0, 0.05) is 29.8 Å². The van der Waals surface area contributed by atoms with Crippen molar-refractivity contribution in [1.82, 2.24) is 9.47 Å². The van der Waals surface area contributed by atoms with E-state index in [2.05, 4.69) is 31.6 Å². The SMILES string of the molecule is O=C(c1cc(Br)cn1C1CC1)N1CCC2(CCCC2)CC1. The van der Waals surface area contributed by atoms with Gasteiger partial charge in [0.2, 0.25) is 0 Å². The lowest BCUT2D eigenvalue weighted by Gasteiger charge is -2.39. The van der Waals surface area contributed by atoms with E-state index in [1.807, 2.05) is 6.07 Å². The fourth-order valence-corrected chi connectivity index (χ4v) is 4.68. The summed E-state index contributed by atoms with van der Waals surface area (Å²) in [5.41, 5.74) is 1.46. The monoisotopic (exact) mass is 350 g/mol. The van der Waals surface area contributed by atoms with Crippen molar-refractivity contribution < 1.29 is 4.79 Å². The summed E-state index contributed by atoms with van der Waals surface area (Å²) in [4.78, 5) is 14.9. The molecular weight excluding hydrogens is 328 g/mol. The molecule has 0 N–H and O–H groups in total. The third kappa shape index (κ3) is 2.56. The normalized spacial score (nSPS) is 24.7. The highest BCUT2D eigenvalue weighted by atomic mass is 79.9. The molecule has 3 fully saturated rings. The zero-order valence-corrected chi connectivity index (χ0v) is 14.1. The van der Waals surface area contributed by atoms with Crippen molar-refractivity contribution in [3.63, 3.8) is 0 Å². The lowest BCUT2D eigenvalue weighted by atomic mass is 9.77. The number of hydrogen-bond acceptors (Lipinski definition) is 1. The van der Waals surface area contributed by atoms with Crippen LogP contribution in [0.4, 0.5) is 0 Å². The Morgan fingerprint density at radius 1 is 1.14 bits per heavy atom. The molecule has 4 heteroatoms. The van der Waals surface area contributed by atoms with Crippen molar-refractivity contribution in [1.29, 1.82) is 0 Å². The Morgan fingerprint density at radius 2 is 1.81 bits per heavy atom. The van der Waals surface area contributed by atoms with Gasteiger partial charge in [0.15, 0.2) is 0 Å². The Kier molecular flexibility index (Phi) is 3.40. The van der Waals surface area contributed by atoms with Crippen LogP contribution in [0.15, 0.2) is 16.7 Å². The van der Waals surface area contributed by atoms with E-state index in [4.69, 9.17) is 0 Å². The van der Waals surface area contributed by atoms with E-state index in [1.54, 1.807) is 0 Å². The van der Waals surface area contributed by atoms with E-state index in [0.29, 0.717) is 11.5 Å². The van der Waals surface area contributed by atoms with Gasteiger partial charge in [0.05, 0.1) is 0 Å². The number of halogens is 1. The second-order valence-corrected chi connectivity index (χ2v) is 8.10. The molecule has 114 valence electrons. The minimum absolute atomic E-state index is 0.237. The molecule has 3 nitrogen and oxygen atoms in total. The Balaban J connectivity index is 1.48. The first kappa shape index (κ1) is 13.9. The van der Waals surface area contributed by atoms with Crippen LogP contribution in [-0.4, -0.2) is 28.5 Å². The van der Waals surface area contributed by atoms with Crippen molar-refractivity contribution >= 4 is 21.8 Å². The maximum Gasteiger partial charge on any atom is 0.270 e. The van der Waals surface area contributed by atoms with Crippen molar-refractivity contribution in [2.24, 2.45) is 5.41 Å². The fourth-order valence-electron chi connectivity index (χ4n) is 4.24. The predicted molar refractivity (Wildman–Crippen MR) is 86.4 cm³/mol. The molecule has 3 aliphatic rings. The van der Waals surface area contributed by atoms with Gasteiger partial charge in [0.1, 0.15) is 5.69 Å². The van der Waals surface area contributed by atoms with E-state index in [9.17, 15) is 4.79 Å². The Labute approximate surface area is 134 Å². The number of likely N-dealkylation sites (tertiary alicyclic amines) is 1. The molecule has 0 atom stereocenters. The van der Waals surface area contributed by atoms with Crippen molar-refractivity contribution in [2.45, 2.75) is 57.4 Å². The van der Waals surface area contributed by atoms with Gasteiger partial charge in [-0.05, 0) is 65.9 Å². The van der Waals surface area contributed by atoms with Crippen LogP contribution in [0.25, 0.3) is 0 Å². The van der Waals surface area contributed by atoms with Crippen LogP contribution in [0.2, 0.25) is 0 Å². The maximum absolute atomic E-state index is 12.9. The fraction of sp³-hybridized carbons (Fsp3) is 0.706. The van der Waals surface area contributed by atoms with Gasteiger partial charge in [-0.2, -0.15) is 0 Å². The second kappa shape index (κ2) is 5.15. The summed E-state index contributed by atoms with van der Waals surface area (Å²) in [5, 5.41) is 0. The van der Waals surface area contributed by atoms with Crippen molar-refractivity contribution in [2.75, 3.05) is 13.1 Å². The van der Waals surface area contributed by atoms with Crippen LogP contribution in [-0.2, 0) is 0 Å². The molecule has 1 amide bonds. The molecule has 1 saturated heterocycles. The predicted octanol–water partition coefficient (Wildman–Crippen LogP) is 4.38. The van der Waals surface area contributed by atoms with E-state index in [0.717, 1.165) is 23.3 Å². The van der Waals surface area contributed by atoms with E-state index >= 15 is 0 Å². The van der Waals surface area contributed by atoms with Gasteiger partial charge in [-0.15, -0.1) is 0 Å². The quantitative estimate of drug-likeness (QED) is 0.776. The smallest absolute Gasteiger partial charge is 0.270 e. The summed E-state index contributed by atoms with van der Waals surface area (Å²) < 4.78 is 3.22. The van der Waals surface area contributed by atoms with Gasteiger partial charge >= 0.3 is 0 Å². The zero-order chi connectivity index (χ0) is 14.4. The first-order valence-electron chi connectivity index (χ1n) is 8.34. The number of piperidine rings is 1. The number of carbonyl (C=O) groups is 1. The molecule has 4 rings (SSSR count). The van der Waals surface area contributed by atoms with E-state index in [-0.39, 0.29) is 5.91 Å². The molecule has 0 aromatic carbocycles. The second-order valence-electron chi connectivity index (χ2n) is 7.18. The molecule has 2 saturated carbocycles. The minimum atomic E-state index is 0.237. The van der Waals surface area contributed by atoms with Gasteiger partial charge < -0.3 is 9.47 Å². The summed E-state index contributed by atoms with van der Waals surface area (Å²) in [6.07, 6.45) is 12.5. The molecule has 0 unspecified atom stereocenters. The van der Waals surface area contributed by atoms with Crippen LogP contribution in [0.3, 0.4) is 0 Å². The molecule has 1 aromatic heterocycles. The Bertz CT molecular complexity index is 545. The zero-order valence-electron chi connectivity index (χ0n) is 12.5. The molecule has 21 heavy (non-hydrogen) atoms. The summed E-state index contributed by atoms with van der Waals surface area (Å²) in [7, 11) is 0. The lowest BCUT2D eigenvalue weighted by molar-refractivity contribution is 0.0577. The van der Waals surface area contributed by atoms with Crippen molar-refractivity contribution in [3.05, 3.63) is 22.4 Å². The highest BCUT2D eigenvalue weighted by molar-refractivity contribution is 9.10. The first-order chi connectivity index (χ1) is 10.2. The van der Waals surface area contributed by atoms with Gasteiger partial charge in [-0.1, -0.05) is 12.8 Å². The van der Waals surface area contributed by atoms with Crippen molar-refractivity contribution in [3.8, 4) is 0 Å². The van der Waals surface area contributed by atoms with Crippen LogP contribution >= 0.6 is 15.9 Å². The largest absolute Gasteiger partial charge is 0.339 e. The molecule has 0 radical (unpaired) electrons. The standard InChI is InChI=1S/C17H23BrN2O/c18-13-11-15(20(12-13)14-3-4-14)16(21)19-9-7-17(8-10-19)5-1-2-6-17/h11-12,14H,1-10H2. The van der Waals surface area contributed by atoms with Gasteiger partial charge in [0.25, 0.3) is 5.91 Å². The number of carbonyl (C=O) groups excluding carboxylic acids is 1. The summed E-state index contributed by atoms with van der Waals surface area (Å²) in [5.74, 6) is 0.237. The third-order valence-corrected chi connectivity index (χ3v) is 6.18. The average molecular weight is 351 g/mol. The highest BCUT2D eigenvalue weighted by Crippen LogP contribution is 2.46. The summed E-state index contributed by atoms with van der Waals surface area (Å²) >= 11 is 3.53. The topological polar surface area (TPSA) is 25.2 Å². The van der Waals surface area contributed by atoms with Crippen LogP contribution in [0, 0.1) is 5.41 Å². The number of nitrogens with zero attached hydrogens (tertiary/aromatic N) is 2. The van der Waals surface area contributed by atoms with Gasteiger partial charge in [-0.25, -0.2) is 0 Å². The molecule has 2 aliphatic carbocycles. The third-order valence-electron chi connectivity index (χ3n) is 5.75. The van der Waals surface area contributed by atoms with Crippen LogP contribution in [0.1, 0.15) is 67.9 Å². The molecule has 2 heterocycles. The number of aromatic nitrogens is 1. The number of amides is 1. The maximum atomic E-state index is 12.9. The molecule has 1 aliphatic heterocycles. The molecule has 0 bridgehead atoms.